The maximum Gasteiger partial charge on any atom is 0.239 e. The van der Waals surface area contributed by atoms with Crippen LogP contribution < -0.4 is 5.32 Å². The third kappa shape index (κ3) is 5.72. The molecule has 2 aromatic heterocycles. The molecular weight excluding hydrogens is 432 g/mol. The van der Waals surface area contributed by atoms with Gasteiger partial charge < -0.3 is 14.6 Å². The van der Waals surface area contributed by atoms with Crippen LogP contribution in [0.4, 0.5) is 5.82 Å². The molecule has 1 aliphatic heterocycles. The number of nitrogens with one attached hydrogen (secondary N) is 1. The quantitative estimate of drug-likeness (QED) is 0.500. The van der Waals surface area contributed by atoms with Gasteiger partial charge in [-0.15, -0.1) is 11.3 Å². The van der Waals surface area contributed by atoms with Crippen LogP contribution in [-0.2, 0) is 22.6 Å². The normalized spacial score (nSPS) is 15.6. The number of hydrogen-bond acceptors (Lipinski definition) is 5. The van der Waals surface area contributed by atoms with Crippen molar-refractivity contribution >= 4 is 23.1 Å². The summed E-state index contributed by atoms with van der Waals surface area (Å²) in [5.74, 6) is 0.461. The largest absolute Gasteiger partial charge is 0.377 e. The maximum absolute atomic E-state index is 13.2. The van der Waals surface area contributed by atoms with Crippen LogP contribution in [0.3, 0.4) is 0 Å². The highest BCUT2D eigenvalue weighted by atomic mass is 32.1. The summed E-state index contributed by atoms with van der Waals surface area (Å²) < 4.78 is 7.86. The minimum Gasteiger partial charge on any atom is -0.377 e. The summed E-state index contributed by atoms with van der Waals surface area (Å²) in [4.78, 5) is 16.6. The zero-order valence-corrected chi connectivity index (χ0v) is 20.0. The number of ether oxygens (including phenoxy) is 1. The first-order valence-electron chi connectivity index (χ1n) is 11.3. The van der Waals surface area contributed by atoms with Gasteiger partial charge in [0.25, 0.3) is 0 Å². The van der Waals surface area contributed by atoms with Crippen molar-refractivity contribution in [1.82, 2.24) is 9.47 Å². The zero-order valence-electron chi connectivity index (χ0n) is 19.2. The summed E-state index contributed by atoms with van der Waals surface area (Å²) in [6, 6.07) is 16.5. The van der Waals surface area contributed by atoms with Gasteiger partial charge in [0.15, 0.2) is 0 Å². The van der Waals surface area contributed by atoms with E-state index in [9.17, 15) is 10.1 Å². The second kappa shape index (κ2) is 10.8. The minimum atomic E-state index is -0.118. The molecule has 172 valence electrons. The van der Waals surface area contributed by atoms with E-state index in [1.54, 1.807) is 11.3 Å². The summed E-state index contributed by atoms with van der Waals surface area (Å²) in [5, 5.41) is 14.9. The minimum absolute atomic E-state index is 0.118. The topological polar surface area (TPSA) is 70.3 Å². The van der Waals surface area contributed by atoms with Crippen molar-refractivity contribution in [1.29, 1.82) is 5.26 Å². The molecule has 0 saturated carbocycles. The molecule has 1 amide bonds. The molecule has 0 spiro atoms. The molecule has 7 heteroatoms. The SMILES string of the molecule is Cc1c(C#N)c(NC(=O)CN(Cc2cccs2)C[C@H]2CCCO2)n(Cc2ccccc2)c1C. The van der Waals surface area contributed by atoms with Gasteiger partial charge in [-0.2, -0.15) is 5.26 Å². The Balaban J connectivity index is 1.53. The predicted octanol–water partition coefficient (Wildman–Crippen LogP) is 4.71. The Morgan fingerprint density at radius 3 is 2.76 bits per heavy atom. The van der Waals surface area contributed by atoms with E-state index in [4.69, 9.17) is 4.74 Å². The summed E-state index contributed by atoms with van der Waals surface area (Å²) in [6.07, 6.45) is 2.26. The second-order valence-electron chi connectivity index (χ2n) is 8.55. The van der Waals surface area contributed by atoms with Crippen LogP contribution >= 0.6 is 11.3 Å². The fourth-order valence-electron chi connectivity index (χ4n) is 4.35. The number of nitriles is 1. The highest BCUT2D eigenvalue weighted by Gasteiger charge is 2.24. The van der Waals surface area contributed by atoms with E-state index in [1.807, 2.05) is 42.7 Å². The molecule has 33 heavy (non-hydrogen) atoms. The van der Waals surface area contributed by atoms with E-state index in [1.165, 1.54) is 4.88 Å². The highest BCUT2D eigenvalue weighted by Crippen LogP contribution is 2.27. The van der Waals surface area contributed by atoms with Crippen molar-refractivity contribution in [3.63, 3.8) is 0 Å². The third-order valence-corrected chi connectivity index (χ3v) is 7.06. The molecule has 6 nitrogen and oxygen atoms in total. The van der Waals surface area contributed by atoms with Crippen molar-refractivity contribution < 1.29 is 9.53 Å². The van der Waals surface area contributed by atoms with Crippen LogP contribution in [0.15, 0.2) is 47.8 Å². The Hall–Kier alpha value is -2.92. The Kier molecular flexibility index (Phi) is 7.61. The van der Waals surface area contributed by atoms with Gasteiger partial charge in [-0.3, -0.25) is 9.69 Å². The third-order valence-electron chi connectivity index (χ3n) is 6.20. The molecule has 1 aliphatic rings. The number of aromatic nitrogens is 1. The molecule has 3 aromatic rings. The van der Waals surface area contributed by atoms with E-state index >= 15 is 0 Å². The summed E-state index contributed by atoms with van der Waals surface area (Å²) in [6.45, 7) is 7.00. The van der Waals surface area contributed by atoms with Crippen LogP contribution in [0, 0.1) is 25.2 Å². The Morgan fingerprint density at radius 2 is 2.09 bits per heavy atom. The number of amides is 1. The monoisotopic (exact) mass is 462 g/mol. The lowest BCUT2D eigenvalue weighted by molar-refractivity contribution is -0.117. The van der Waals surface area contributed by atoms with Crippen LogP contribution in [0.25, 0.3) is 0 Å². The van der Waals surface area contributed by atoms with Gasteiger partial charge in [-0.25, -0.2) is 0 Å². The Morgan fingerprint density at radius 1 is 1.27 bits per heavy atom. The van der Waals surface area contributed by atoms with E-state index in [0.717, 1.165) is 42.8 Å². The van der Waals surface area contributed by atoms with E-state index in [2.05, 4.69) is 39.9 Å². The van der Waals surface area contributed by atoms with Gasteiger partial charge in [0.05, 0.1) is 18.2 Å². The molecule has 1 aromatic carbocycles. The number of carbonyl (C=O) groups is 1. The molecule has 3 heterocycles. The molecule has 0 bridgehead atoms. The molecule has 0 radical (unpaired) electrons. The summed E-state index contributed by atoms with van der Waals surface area (Å²) in [7, 11) is 0. The summed E-state index contributed by atoms with van der Waals surface area (Å²) in [5.41, 5.74) is 3.54. The predicted molar refractivity (Wildman–Crippen MR) is 131 cm³/mol. The van der Waals surface area contributed by atoms with Crippen LogP contribution in [0.2, 0.25) is 0 Å². The number of carbonyl (C=O) groups excluding carboxylic acids is 1. The first kappa shape index (κ1) is 23.2. The van der Waals surface area contributed by atoms with E-state index in [0.29, 0.717) is 24.5 Å². The number of anilines is 1. The van der Waals surface area contributed by atoms with E-state index in [-0.39, 0.29) is 18.6 Å². The Labute approximate surface area is 199 Å². The number of thiophene rings is 1. The summed E-state index contributed by atoms with van der Waals surface area (Å²) >= 11 is 1.69. The first-order chi connectivity index (χ1) is 16.0. The lowest BCUT2D eigenvalue weighted by Gasteiger charge is -2.24. The lowest BCUT2D eigenvalue weighted by atomic mass is 10.2. The fourth-order valence-corrected chi connectivity index (χ4v) is 5.10. The number of rotatable bonds is 9. The van der Waals surface area contributed by atoms with Crippen LogP contribution in [-0.4, -0.2) is 41.2 Å². The molecule has 1 N–H and O–H groups in total. The van der Waals surface area contributed by atoms with Gasteiger partial charge in [0.1, 0.15) is 11.9 Å². The van der Waals surface area contributed by atoms with Crippen molar-refractivity contribution in [2.24, 2.45) is 0 Å². The van der Waals surface area contributed by atoms with Gasteiger partial charge >= 0.3 is 0 Å². The highest BCUT2D eigenvalue weighted by molar-refractivity contribution is 7.09. The average molecular weight is 463 g/mol. The Bertz CT molecular complexity index is 1110. The lowest BCUT2D eigenvalue weighted by Crippen LogP contribution is -2.38. The maximum atomic E-state index is 13.2. The molecule has 0 aliphatic carbocycles. The van der Waals surface area contributed by atoms with Crippen molar-refractivity contribution in [3.8, 4) is 6.07 Å². The molecule has 1 atom stereocenters. The number of hydrogen-bond donors (Lipinski definition) is 1. The van der Waals surface area contributed by atoms with Crippen molar-refractivity contribution in [2.45, 2.75) is 45.9 Å². The van der Waals surface area contributed by atoms with Crippen LogP contribution in [0.5, 0.6) is 0 Å². The van der Waals surface area contributed by atoms with Gasteiger partial charge in [-0.05, 0) is 49.3 Å². The smallest absolute Gasteiger partial charge is 0.239 e. The number of benzene rings is 1. The van der Waals surface area contributed by atoms with Crippen molar-refractivity contribution in [2.75, 3.05) is 25.0 Å². The molecule has 1 saturated heterocycles. The molecule has 0 unspecified atom stereocenters. The fraction of sp³-hybridized carbons (Fsp3) is 0.385. The van der Waals surface area contributed by atoms with Gasteiger partial charge in [0.2, 0.25) is 5.91 Å². The zero-order chi connectivity index (χ0) is 23.2. The molecular formula is C26H30N4O2S. The first-order valence-corrected chi connectivity index (χ1v) is 12.2. The molecule has 1 fully saturated rings. The number of nitrogens with zero attached hydrogens (tertiary/aromatic N) is 3. The van der Waals surface area contributed by atoms with Gasteiger partial charge in [-0.1, -0.05) is 36.4 Å². The van der Waals surface area contributed by atoms with E-state index < -0.39 is 0 Å². The molecule has 4 rings (SSSR count). The second-order valence-corrected chi connectivity index (χ2v) is 9.58. The van der Waals surface area contributed by atoms with Crippen LogP contribution in [0.1, 0.15) is 40.1 Å². The standard InChI is InChI=1S/C26H30N4O2S/c1-19-20(2)30(15-21-8-4-3-5-9-21)26(24(19)14-27)28-25(31)18-29(16-22-10-6-12-32-22)17-23-11-7-13-33-23/h3-5,7-9,11,13,22H,6,10,12,15-18H2,1-2H3,(H,28,31)/t22-/m1/s1. The van der Waals surface area contributed by atoms with Crippen molar-refractivity contribution in [3.05, 3.63) is 75.1 Å². The van der Waals surface area contributed by atoms with Gasteiger partial charge in [0, 0.05) is 36.8 Å². The average Bonchev–Trinajstić information content (AvgIpc) is 3.55.